The first-order valence-corrected chi connectivity index (χ1v) is 22.1. The van der Waals surface area contributed by atoms with Crippen LogP contribution in [0.1, 0.15) is 94.1 Å². The lowest BCUT2D eigenvalue weighted by Gasteiger charge is -2.36. The summed E-state index contributed by atoms with van der Waals surface area (Å²) in [6, 6.07) is 43.0. The molecule has 4 atom stereocenters. The van der Waals surface area contributed by atoms with E-state index in [1.54, 1.807) is 4.90 Å². The maximum Gasteiger partial charge on any atom is 0.255 e. The van der Waals surface area contributed by atoms with E-state index in [1.165, 1.54) is 33.5 Å². The third kappa shape index (κ3) is 8.19. The number of carbonyl (C=O) groups is 2. The van der Waals surface area contributed by atoms with Crippen molar-refractivity contribution in [2.45, 2.75) is 88.7 Å². The summed E-state index contributed by atoms with van der Waals surface area (Å²) in [5, 5.41) is 17.1. The van der Waals surface area contributed by atoms with Crippen LogP contribution in [0.2, 0.25) is 0 Å². The molecule has 10 rings (SSSR count). The van der Waals surface area contributed by atoms with Crippen molar-refractivity contribution in [1.82, 2.24) is 20.0 Å². The van der Waals surface area contributed by atoms with Crippen molar-refractivity contribution in [1.29, 1.82) is 0 Å². The number of aliphatic hydroxyl groups excluding tert-OH is 1. The smallest absolute Gasteiger partial charge is 0.255 e. The van der Waals surface area contributed by atoms with Crippen LogP contribution < -0.4 is 15.0 Å². The SMILES string of the molecule is O=C1NC(O)CCC1N1Cc2cc(-c3cnn(CCC4CCN(c5ccc(C6c7ccc(OCc8ccccc8)cc7CCC6c6ccccc6)cc5)CC4)c3)ccc2C1=O. The predicted octanol–water partition coefficient (Wildman–Crippen LogP) is 8.85. The van der Waals surface area contributed by atoms with Crippen LogP contribution in [0, 0.1) is 5.92 Å². The van der Waals surface area contributed by atoms with Crippen molar-refractivity contribution in [2.75, 3.05) is 18.0 Å². The summed E-state index contributed by atoms with van der Waals surface area (Å²) >= 11 is 0. The van der Waals surface area contributed by atoms with Gasteiger partial charge in [0.1, 0.15) is 24.6 Å². The molecule has 5 aromatic carbocycles. The molecule has 2 saturated heterocycles. The number of anilines is 1. The minimum absolute atomic E-state index is 0.125. The number of aliphatic hydroxyl groups is 1. The molecule has 1 aliphatic carbocycles. The number of amides is 2. The van der Waals surface area contributed by atoms with Gasteiger partial charge in [0.05, 0.1) is 6.20 Å². The van der Waals surface area contributed by atoms with E-state index in [2.05, 4.69) is 120 Å². The van der Waals surface area contributed by atoms with Gasteiger partial charge in [-0.2, -0.15) is 5.10 Å². The van der Waals surface area contributed by atoms with Crippen LogP contribution in [0.5, 0.6) is 5.75 Å². The van der Waals surface area contributed by atoms with Crippen molar-refractivity contribution < 1.29 is 19.4 Å². The van der Waals surface area contributed by atoms with Crippen LogP contribution in [-0.4, -0.2) is 57.0 Å². The normalized spacial score (nSPS) is 21.5. The van der Waals surface area contributed by atoms with E-state index in [0.29, 0.717) is 43.4 Å². The van der Waals surface area contributed by atoms with Gasteiger partial charge in [-0.05, 0) is 132 Å². The number of aromatic nitrogens is 2. The molecule has 2 fully saturated rings. The van der Waals surface area contributed by atoms with Crippen molar-refractivity contribution in [3.63, 3.8) is 0 Å². The highest BCUT2D eigenvalue weighted by Crippen LogP contribution is 2.47. The Morgan fingerprint density at radius 2 is 1.54 bits per heavy atom. The van der Waals surface area contributed by atoms with Gasteiger partial charge in [-0.25, -0.2) is 0 Å². The molecule has 0 bridgehead atoms. The molecule has 0 saturated carbocycles. The number of piperidine rings is 2. The van der Waals surface area contributed by atoms with Crippen LogP contribution in [0.4, 0.5) is 5.69 Å². The van der Waals surface area contributed by atoms with Crippen molar-refractivity contribution in [3.05, 3.63) is 173 Å². The number of carbonyl (C=O) groups excluding carboxylic acids is 2. The molecule has 310 valence electrons. The number of rotatable bonds is 11. The summed E-state index contributed by atoms with van der Waals surface area (Å²) in [5.41, 5.74) is 11.7. The van der Waals surface area contributed by atoms with Crippen LogP contribution in [0.25, 0.3) is 11.1 Å². The summed E-state index contributed by atoms with van der Waals surface area (Å²) in [4.78, 5) is 29.9. The van der Waals surface area contributed by atoms with Gasteiger partial charge >= 0.3 is 0 Å². The fraction of sp³-hybridized carbons (Fsp3) is 0.327. The minimum atomic E-state index is -0.841. The van der Waals surface area contributed by atoms with Gasteiger partial charge in [0, 0.05) is 55.1 Å². The van der Waals surface area contributed by atoms with Gasteiger partial charge in [0.15, 0.2) is 0 Å². The molecule has 2 amide bonds. The largest absolute Gasteiger partial charge is 0.489 e. The fourth-order valence-corrected chi connectivity index (χ4v) is 10.3. The second kappa shape index (κ2) is 17.1. The molecular weight excluding hydrogens is 759 g/mol. The summed E-state index contributed by atoms with van der Waals surface area (Å²) in [6.07, 6.45) is 9.61. The predicted molar refractivity (Wildman–Crippen MR) is 237 cm³/mol. The van der Waals surface area contributed by atoms with Crippen LogP contribution in [0.3, 0.4) is 0 Å². The zero-order valence-corrected chi connectivity index (χ0v) is 34.5. The molecular formula is C52H53N5O4. The molecule has 9 heteroatoms. The quantitative estimate of drug-likeness (QED) is 0.136. The number of hydrogen-bond donors (Lipinski definition) is 2. The molecule has 3 aliphatic heterocycles. The second-order valence-corrected chi connectivity index (χ2v) is 17.4. The Bertz CT molecular complexity index is 2500. The maximum atomic E-state index is 13.2. The highest BCUT2D eigenvalue weighted by molar-refractivity contribution is 6.01. The molecule has 4 aliphatic rings. The van der Waals surface area contributed by atoms with Crippen LogP contribution in [0.15, 0.2) is 134 Å². The van der Waals surface area contributed by atoms with Crippen molar-refractivity contribution in [3.8, 4) is 16.9 Å². The maximum absolute atomic E-state index is 13.2. The van der Waals surface area contributed by atoms with Gasteiger partial charge in [-0.15, -0.1) is 0 Å². The van der Waals surface area contributed by atoms with E-state index in [0.717, 1.165) is 74.2 Å². The summed E-state index contributed by atoms with van der Waals surface area (Å²) in [6.45, 7) is 3.93. The molecule has 4 heterocycles. The van der Waals surface area contributed by atoms with Gasteiger partial charge in [0.2, 0.25) is 5.91 Å². The van der Waals surface area contributed by atoms with Gasteiger partial charge in [0.25, 0.3) is 5.91 Å². The molecule has 6 aromatic rings. The summed E-state index contributed by atoms with van der Waals surface area (Å²) in [7, 11) is 0. The number of hydrogen-bond acceptors (Lipinski definition) is 6. The zero-order chi connectivity index (χ0) is 41.3. The monoisotopic (exact) mass is 811 g/mol. The Morgan fingerprint density at radius 1 is 0.754 bits per heavy atom. The Morgan fingerprint density at radius 3 is 2.33 bits per heavy atom. The Kier molecular flexibility index (Phi) is 10.9. The summed E-state index contributed by atoms with van der Waals surface area (Å²) < 4.78 is 8.31. The number of nitrogens with one attached hydrogen (secondary N) is 1. The lowest BCUT2D eigenvalue weighted by molar-refractivity contribution is -0.132. The van der Waals surface area contributed by atoms with Gasteiger partial charge < -0.3 is 25.0 Å². The second-order valence-electron chi connectivity index (χ2n) is 17.4. The highest BCUT2D eigenvalue weighted by atomic mass is 16.5. The third-order valence-corrected chi connectivity index (χ3v) is 13.7. The fourth-order valence-electron chi connectivity index (χ4n) is 10.3. The van der Waals surface area contributed by atoms with E-state index in [4.69, 9.17) is 9.84 Å². The first-order valence-electron chi connectivity index (χ1n) is 22.1. The molecule has 4 unspecified atom stereocenters. The first-order chi connectivity index (χ1) is 29.9. The van der Waals surface area contributed by atoms with Crippen LogP contribution >= 0.6 is 0 Å². The number of benzene rings is 5. The first kappa shape index (κ1) is 39.0. The zero-order valence-electron chi connectivity index (χ0n) is 34.5. The topological polar surface area (TPSA) is 99.9 Å². The average Bonchev–Trinajstić information content (AvgIpc) is 3.92. The van der Waals surface area contributed by atoms with Crippen molar-refractivity contribution in [2.24, 2.45) is 5.92 Å². The van der Waals surface area contributed by atoms with Gasteiger partial charge in [-0.3, -0.25) is 14.3 Å². The molecule has 61 heavy (non-hydrogen) atoms. The van der Waals surface area contributed by atoms with Crippen molar-refractivity contribution >= 4 is 17.5 Å². The molecule has 2 N–H and O–H groups in total. The number of nitrogens with zero attached hydrogens (tertiary/aromatic N) is 4. The Balaban J connectivity index is 0.755. The number of ether oxygens (including phenoxy) is 1. The van der Waals surface area contributed by atoms with E-state index in [9.17, 15) is 14.7 Å². The minimum Gasteiger partial charge on any atom is -0.489 e. The van der Waals surface area contributed by atoms with E-state index in [1.807, 2.05) is 29.1 Å². The Labute approximate surface area is 358 Å². The third-order valence-electron chi connectivity index (χ3n) is 13.7. The molecule has 0 radical (unpaired) electrons. The van der Waals surface area contributed by atoms with E-state index in [-0.39, 0.29) is 17.7 Å². The number of fused-ring (bicyclic) bond motifs is 2. The molecule has 1 aromatic heterocycles. The van der Waals surface area contributed by atoms with E-state index >= 15 is 0 Å². The lowest BCUT2D eigenvalue weighted by Crippen LogP contribution is -2.54. The summed E-state index contributed by atoms with van der Waals surface area (Å²) in [5.74, 6) is 1.86. The molecule has 0 spiro atoms. The van der Waals surface area contributed by atoms with Crippen LogP contribution in [-0.2, 0) is 30.9 Å². The lowest BCUT2D eigenvalue weighted by atomic mass is 9.69. The standard InChI is InChI=1S/C52H53N5O4/c58-49-22-21-48(51(59)54-49)57-33-41-29-39(13-19-47(41)52(57)60)42-31-53-56(32-42)28-25-35-23-26-55(27-24-35)43-15-11-38(12-16-43)50-45(37-9-5-2-6-10-37)18-14-40-30-44(17-20-46(40)50)61-34-36-7-3-1-4-8-36/h1-13,15-17,19-20,29-32,35,45,48-50,58H,14,18,21-28,33-34H2,(H,54,59). The average molecular weight is 812 g/mol. The molecule has 9 nitrogen and oxygen atoms in total. The Hall–Kier alpha value is -6.19. The highest BCUT2D eigenvalue weighted by Gasteiger charge is 2.39. The number of aryl methyl sites for hydroxylation is 2. The van der Waals surface area contributed by atoms with Gasteiger partial charge in [-0.1, -0.05) is 84.9 Å². The van der Waals surface area contributed by atoms with E-state index < -0.39 is 12.3 Å².